The molecule has 2 heterocycles. The number of hydrogen-bond donors (Lipinski definition) is 1. The Balaban J connectivity index is 1.31. The van der Waals surface area contributed by atoms with Crippen LogP contribution in [-0.4, -0.2) is 42.5 Å². The predicted molar refractivity (Wildman–Crippen MR) is 114 cm³/mol. The smallest absolute Gasteiger partial charge is 0.251 e. The Morgan fingerprint density at radius 1 is 1.10 bits per heavy atom. The number of aromatic nitrogens is 1. The highest BCUT2D eigenvalue weighted by molar-refractivity contribution is 5.94. The fourth-order valence-corrected chi connectivity index (χ4v) is 3.76. The molecule has 29 heavy (non-hydrogen) atoms. The Bertz CT molecular complexity index is 985. The molecule has 0 bridgehead atoms. The molecule has 0 atom stereocenters. The fourth-order valence-electron chi connectivity index (χ4n) is 3.76. The molecule has 1 aliphatic rings. The molecule has 0 saturated carbocycles. The van der Waals surface area contributed by atoms with Gasteiger partial charge in [-0.1, -0.05) is 36.4 Å². The molecule has 3 aromatic rings. The number of hydrogen-bond acceptors (Lipinski definition) is 4. The zero-order valence-corrected chi connectivity index (χ0v) is 16.6. The number of pyridine rings is 1. The predicted octanol–water partition coefficient (Wildman–Crippen LogP) is 3.55. The maximum absolute atomic E-state index is 12.5. The zero-order chi connectivity index (χ0) is 20.1. The normalized spacial score (nSPS) is 13.6. The Kier molecular flexibility index (Phi) is 5.86. The summed E-state index contributed by atoms with van der Waals surface area (Å²) in [6.07, 6.45) is 4.50. The lowest BCUT2D eigenvalue weighted by molar-refractivity contribution is 0.0947. The summed E-state index contributed by atoms with van der Waals surface area (Å²) in [4.78, 5) is 19.0. The Hall–Kier alpha value is -3.18. The van der Waals surface area contributed by atoms with E-state index >= 15 is 0 Å². The molecule has 0 radical (unpaired) electrons. The van der Waals surface area contributed by atoms with Crippen molar-refractivity contribution in [1.29, 1.82) is 0 Å². The van der Waals surface area contributed by atoms with Gasteiger partial charge in [0.15, 0.2) is 0 Å². The quantitative estimate of drug-likeness (QED) is 0.703. The van der Waals surface area contributed by atoms with Crippen molar-refractivity contribution in [3.63, 3.8) is 0 Å². The minimum Gasteiger partial charge on any atom is -0.494 e. The van der Waals surface area contributed by atoms with Gasteiger partial charge in [0.2, 0.25) is 0 Å². The first-order valence-corrected chi connectivity index (χ1v) is 9.90. The van der Waals surface area contributed by atoms with Crippen LogP contribution in [0.1, 0.15) is 21.5 Å². The van der Waals surface area contributed by atoms with Crippen molar-refractivity contribution in [1.82, 2.24) is 15.2 Å². The first kappa shape index (κ1) is 19.2. The van der Waals surface area contributed by atoms with E-state index in [0.717, 1.165) is 37.2 Å². The van der Waals surface area contributed by atoms with Crippen molar-refractivity contribution in [2.24, 2.45) is 0 Å². The highest BCUT2D eigenvalue weighted by Crippen LogP contribution is 2.28. The Morgan fingerprint density at radius 3 is 2.69 bits per heavy atom. The summed E-state index contributed by atoms with van der Waals surface area (Å²) in [7, 11) is 1.63. The van der Waals surface area contributed by atoms with Crippen LogP contribution in [0.5, 0.6) is 5.75 Å². The van der Waals surface area contributed by atoms with Crippen molar-refractivity contribution in [3.8, 4) is 16.9 Å². The first-order valence-electron chi connectivity index (χ1n) is 9.90. The van der Waals surface area contributed by atoms with E-state index in [1.54, 1.807) is 19.5 Å². The van der Waals surface area contributed by atoms with E-state index in [9.17, 15) is 4.79 Å². The average Bonchev–Trinajstić information content (AvgIpc) is 2.79. The van der Waals surface area contributed by atoms with Gasteiger partial charge >= 0.3 is 0 Å². The number of benzene rings is 2. The molecule has 1 aliphatic heterocycles. The fraction of sp³-hybridized carbons (Fsp3) is 0.250. The highest BCUT2D eigenvalue weighted by atomic mass is 16.5. The molecule has 1 aromatic heterocycles. The van der Waals surface area contributed by atoms with Gasteiger partial charge in [-0.3, -0.25) is 14.7 Å². The van der Waals surface area contributed by atoms with E-state index < -0.39 is 0 Å². The van der Waals surface area contributed by atoms with Gasteiger partial charge in [0.25, 0.3) is 5.91 Å². The summed E-state index contributed by atoms with van der Waals surface area (Å²) in [5.74, 6) is 0.670. The van der Waals surface area contributed by atoms with Crippen LogP contribution in [0.15, 0.2) is 67.0 Å². The number of nitrogens with zero attached hydrogens (tertiary/aromatic N) is 2. The van der Waals surface area contributed by atoms with Crippen LogP contribution in [0.2, 0.25) is 0 Å². The van der Waals surface area contributed by atoms with E-state index in [1.165, 1.54) is 11.1 Å². The standard InChI is InChI=1S/C24H25N3O2/c1-29-23-16-25-12-10-22(23)19-6-8-20(9-7-19)24(28)26-13-15-27-14-11-18-4-2-3-5-21(18)17-27/h2-10,12,16H,11,13-15,17H2,1H3,(H,26,28). The molecular formula is C24H25N3O2. The zero-order valence-electron chi connectivity index (χ0n) is 16.6. The number of carbonyl (C=O) groups is 1. The second-order valence-electron chi connectivity index (χ2n) is 7.20. The third kappa shape index (κ3) is 4.46. The van der Waals surface area contributed by atoms with E-state index in [1.807, 2.05) is 30.3 Å². The summed E-state index contributed by atoms with van der Waals surface area (Å²) in [6, 6.07) is 18.1. The van der Waals surface area contributed by atoms with Crippen LogP contribution in [0.4, 0.5) is 0 Å². The van der Waals surface area contributed by atoms with Gasteiger partial charge in [0, 0.05) is 43.5 Å². The van der Waals surface area contributed by atoms with Crippen molar-refractivity contribution >= 4 is 5.91 Å². The van der Waals surface area contributed by atoms with Crippen molar-refractivity contribution < 1.29 is 9.53 Å². The van der Waals surface area contributed by atoms with Crippen molar-refractivity contribution in [3.05, 3.63) is 83.7 Å². The van der Waals surface area contributed by atoms with Crippen LogP contribution in [0, 0.1) is 0 Å². The molecule has 5 nitrogen and oxygen atoms in total. The number of carbonyl (C=O) groups excluding carboxylic acids is 1. The van der Waals surface area contributed by atoms with E-state index in [-0.39, 0.29) is 5.91 Å². The molecule has 0 spiro atoms. The topological polar surface area (TPSA) is 54.5 Å². The van der Waals surface area contributed by atoms with Crippen molar-refractivity contribution in [2.45, 2.75) is 13.0 Å². The highest BCUT2D eigenvalue weighted by Gasteiger charge is 2.15. The Labute approximate surface area is 171 Å². The second-order valence-corrected chi connectivity index (χ2v) is 7.20. The maximum atomic E-state index is 12.5. The SMILES string of the molecule is COc1cnccc1-c1ccc(C(=O)NCCN2CCc3ccccc3C2)cc1. The summed E-state index contributed by atoms with van der Waals surface area (Å²) < 4.78 is 5.36. The average molecular weight is 387 g/mol. The lowest BCUT2D eigenvalue weighted by Gasteiger charge is -2.28. The van der Waals surface area contributed by atoms with Gasteiger partial charge in [-0.2, -0.15) is 0 Å². The van der Waals surface area contributed by atoms with Crippen LogP contribution in [0.25, 0.3) is 11.1 Å². The molecule has 1 amide bonds. The van der Waals surface area contributed by atoms with Gasteiger partial charge in [-0.25, -0.2) is 0 Å². The lowest BCUT2D eigenvalue weighted by Crippen LogP contribution is -2.37. The second kappa shape index (κ2) is 8.88. The number of rotatable bonds is 6. The molecule has 0 fully saturated rings. The summed E-state index contributed by atoms with van der Waals surface area (Å²) in [6.45, 7) is 3.48. The summed E-state index contributed by atoms with van der Waals surface area (Å²) >= 11 is 0. The Morgan fingerprint density at radius 2 is 1.90 bits per heavy atom. The van der Waals surface area contributed by atoms with Crippen molar-refractivity contribution in [2.75, 3.05) is 26.7 Å². The third-order valence-electron chi connectivity index (χ3n) is 5.39. The van der Waals surface area contributed by atoms with Gasteiger partial charge in [0.05, 0.1) is 13.3 Å². The molecule has 4 rings (SSSR count). The maximum Gasteiger partial charge on any atom is 0.251 e. The summed E-state index contributed by atoms with van der Waals surface area (Å²) in [5, 5.41) is 3.04. The number of amides is 1. The first-order chi connectivity index (χ1) is 14.2. The minimum atomic E-state index is -0.0457. The molecule has 0 unspecified atom stereocenters. The van der Waals surface area contributed by atoms with Crippen LogP contribution in [0.3, 0.4) is 0 Å². The number of ether oxygens (including phenoxy) is 1. The van der Waals surface area contributed by atoms with E-state index in [0.29, 0.717) is 17.9 Å². The van der Waals surface area contributed by atoms with Gasteiger partial charge < -0.3 is 10.1 Å². The molecular weight excluding hydrogens is 362 g/mol. The van der Waals surface area contributed by atoms with Gasteiger partial charge in [-0.15, -0.1) is 0 Å². The summed E-state index contributed by atoms with van der Waals surface area (Å²) in [5.41, 5.74) is 5.45. The van der Waals surface area contributed by atoms with Crippen LogP contribution < -0.4 is 10.1 Å². The molecule has 1 N–H and O–H groups in total. The van der Waals surface area contributed by atoms with Crippen LogP contribution >= 0.6 is 0 Å². The van der Waals surface area contributed by atoms with E-state index in [4.69, 9.17) is 4.74 Å². The molecule has 0 saturated heterocycles. The van der Waals surface area contributed by atoms with E-state index in [2.05, 4.69) is 39.5 Å². The van der Waals surface area contributed by atoms with Gasteiger partial charge in [0.1, 0.15) is 5.75 Å². The largest absolute Gasteiger partial charge is 0.494 e. The van der Waals surface area contributed by atoms with Gasteiger partial charge in [-0.05, 0) is 41.3 Å². The molecule has 148 valence electrons. The lowest BCUT2D eigenvalue weighted by atomic mass is 10.00. The monoisotopic (exact) mass is 387 g/mol. The molecule has 0 aliphatic carbocycles. The van der Waals surface area contributed by atoms with Crippen LogP contribution in [-0.2, 0) is 13.0 Å². The minimum absolute atomic E-state index is 0.0457. The number of methoxy groups -OCH3 is 1. The molecule has 2 aromatic carbocycles. The third-order valence-corrected chi connectivity index (χ3v) is 5.39. The number of fused-ring (bicyclic) bond motifs is 1. The number of nitrogens with one attached hydrogen (secondary N) is 1. The molecule has 5 heteroatoms.